The molecule has 0 unspecified atom stereocenters. The van der Waals surface area contributed by atoms with Gasteiger partial charge in [-0.05, 0) is 79.5 Å². The number of benzene rings is 2. The van der Waals surface area contributed by atoms with E-state index in [4.69, 9.17) is 9.97 Å². The predicted molar refractivity (Wildman–Crippen MR) is 193 cm³/mol. The first-order chi connectivity index (χ1) is 22.1. The molecule has 0 saturated carbocycles. The molecule has 0 fully saturated rings. The molecular formula is C42H53IrN2O2-. The van der Waals surface area contributed by atoms with Crippen LogP contribution in [0.5, 0.6) is 0 Å². The summed E-state index contributed by atoms with van der Waals surface area (Å²) in [5.41, 5.74) is 9.90. The predicted octanol–water partition coefficient (Wildman–Crippen LogP) is 11.1. The van der Waals surface area contributed by atoms with E-state index in [1.54, 1.807) is 0 Å². The summed E-state index contributed by atoms with van der Waals surface area (Å²) in [5.74, 6) is 1.61. The molecule has 5 rings (SSSR count). The van der Waals surface area contributed by atoms with E-state index in [1.165, 1.54) is 45.0 Å². The van der Waals surface area contributed by atoms with Crippen LogP contribution < -0.4 is 0 Å². The number of allylic oxidation sites excluding steroid dienone is 2. The number of rotatable bonds is 11. The van der Waals surface area contributed by atoms with Crippen molar-refractivity contribution in [1.29, 1.82) is 0 Å². The summed E-state index contributed by atoms with van der Waals surface area (Å²) in [7, 11) is 0. The summed E-state index contributed by atoms with van der Waals surface area (Å²) in [6.45, 7) is 17.1. The molecule has 0 saturated heterocycles. The van der Waals surface area contributed by atoms with E-state index < -0.39 is 0 Å². The van der Waals surface area contributed by atoms with Gasteiger partial charge in [0.25, 0.3) is 0 Å². The molecule has 1 aliphatic rings. The van der Waals surface area contributed by atoms with Crippen molar-refractivity contribution in [3.63, 3.8) is 0 Å². The Labute approximate surface area is 296 Å². The standard InChI is InChI=1S/C29H29N2.C13H24O2.Ir/c1-18(2)11-24-13-21-9-10-22-16-31-29(15-27(22)28(21)17-30-24)23-12-20-7-5-6-8-25(20)26(14-23)19(3)4;1-5-10(6-2)12(14)9-13(15)11(7-3)8-4;/h5-8,13-19H,9-11H2,1-4H3;9-11,14H,5-8H2,1-4H3;/q-1;;/b;12-9-;. The third kappa shape index (κ3) is 9.48. The van der Waals surface area contributed by atoms with E-state index in [0.29, 0.717) is 11.8 Å². The number of hydrogen-bond acceptors (Lipinski definition) is 4. The second-order valence-corrected chi connectivity index (χ2v) is 13.5. The van der Waals surface area contributed by atoms with Crippen molar-refractivity contribution in [3.05, 3.63) is 95.1 Å². The first-order valence-corrected chi connectivity index (χ1v) is 17.5. The summed E-state index contributed by atoms with van der Waals surface area (Å²) in [6, 6.07) is 19.0. The van der Waals surface area contributed by atoms with Gasteiger partial charge in [-0.3, -0.25) is 14.8 Å². The van der Waals surface area contributed by atoms with Crippen LogP contribution in [0.3, 0.4) is 0 Å². The number of fused-ring (bicyclic) bond motifs is 4. The smallest absolute Gasteiger partial charge is 0.162 e. The normalized spacial score (nSPS) is 12.6. The van der Waals surface area contributed by atoms with Crippen molar-refractivity contribution in [2.75, 3.05) is 0 Å². The average Bonchev–Trinajstić information content (AvgIpc) is 3.04. The fraction of sp³-hybridized carbons (Fsp3) is 0.452. The minimum absolute atomic E-state index is 0. The molecule has 4 aromatic rings. The molecule has 1 N–H and O–H groups in total. The van der Waals surface area contributed by atoms with E-state index in [-0.39, 0.29) is 43.5 Å². The van der Waals surface area contributed by atoms with Crippen LogP contribution in [0.1, 0.15) is 109 Å². The number of carbonyl (C=O) groups is 1. The second kappa shape index (κ2) is 17.9. The fourth-order valence-corrected chi connectivity index (χ4v) is 6.53. The number of aliphatic hydroxyl groups is 1. The Morgan fingerprint density at radius 1 is 0.851 bits per heavy atom. The summed E-state index contributed by atoms with van der Waals surface area (Å²) in [6.07, 6.45) is 12.2. The van der Waals surface area contributed by atoms with Crippen LogP contribution >= 0.6 is 0 Å². The number of aryl methyl sites for hydroxylation is 2. The Hall–Kier alpha value is -3.14. The van der Waals surface area contributed by atoms with Crippen molar-refractivity contribution in [3.8, 4) is 22.4 Å². The zero-order valence-electron chi connectivity index (χ0n) is 29.6. The maximum atomic E-state index is 11.7. The molecule has 0 bridgehead atoms. The molecule has 2 heterocycles. The summed E-state index contributed by atoms with van der Waals surface area (Å²) in [4.78, 5) is 21.3. The van der Waals surface area contributed by atoms with Crippen LogP contribution in [-0.4, -0.2) is 20.9 Å². The van der Waals surface area contributed by atoms with E-state index in [9.17, 15) is 9.90 Å². The van der Waals surface area contributed by atoms with Gasteiger partial charge in [-0.2, -0.15) is 0 Å². The molecule has 0 aliphatic heterocycles. The van der Waals surface area contributed by atoms with Gasteiger partial charge in [-0.25, -0.2) is 0 Å². The third-order valence-corrected chi connectivity index (χ3v) is 9.39. The van der Waals surface area contributed by atoms with Crippen molar-refractivity contribution in [2.24, 2.45) is 17.8 Å². The van der Waals surface area contributed by atoms with Gasteiger partial charge in [0.2, 0.25) is 0 Å². The van der Waals surface area contributed by atoms with Gasteiger partial charge < -0.3 is 5.11 Å². The van der Waals surface area contributed by atoms with Crippen LogP contribution in [0.2, 0.25) is 0 Å². The molecule has 0 atom stereocenters. The molecule has 0 spiro atoms. The Morgan fingerprint density at radius 3 is 2.15 bits per heavy atom. The molecule has 47 heavy (non-hydrogen) atoms. The van der Waals surface area contributed by atoms with Gasteiger partial charge in [0.15, 0.2) is 5.78 Å². The van der Waals surface area contributed by atoms with Gasteiger partial charge in [0.05, 0.1) is 5.76 Å². The molecule has 1 aliphatic carbocycles. The molecule has 253 valence electrons. The maximum Gasteiger partial charge on any atom is 0.162 e. The van der Waals surface area contributed by atoms with Gasteiger partial charge in [0, 0.05) is 67.4 Å². The number of hydrogen-bond donors (Lipinski definition) is 1. The van der Waals surface area contributed by atoms with Crippen LogP contribution in [0.4, 0.5) is 0 Å². The maximum absolute atomic E-state index is 11.7. The Kier molecular flexibility index (Phi) is 14.6. The van der Waals surface area contributed by atoms with Crippen LogP contribution in [0.15, 0.2) is 66.7 Å². The molecule has 2 aromatic carbocycles. The largest absolute Gasteiger partial charge is 0.512 e. The van der Waals surface area contributed by atoms with Gasteiger partial charge in [-0.15, -0.1) is 29.1 Å². The van der Waals surface area contributed by atoms with Gasteiger partial charge in [-0.1, -0.05) is 90.6 Å². The first-order valence-electron chi connectivity index (χ1n) is 17.5. The summed E-state index contributed by atoms with van der Waals surface area (Å²) < 4.78 is 0. The molecule has 1 radical (unpaired) electrons. The Morgan fingerprint density at radius 2 is 1.51 bits per heavy atom. The van der Waals surface area contributed by atoms with Crippen molar-refractivity contribution in [1.82, 2.24) is 9.97 Å². The van der Waals surface area contributed by atoms with E-state index in [0.717, 1.165) is 61.6 Å². The Balaban J connectivity index is 0.000000322. The number of nitrogens with zero attached hydrogens (tertiary/aromatic N) is 2. The van der Waals surface area contributed by atoms with E-state index in [1.807, 2.05) is 27.7 Å². The molecular weight excluding hydrogens is 757 g/mol. The van der Waals surface area contributed by atoms with Crippen molar-refractivity contribution >= 4 is 16.6 Å². The topological polar surface area (TPSA) is 63.1 Å². The van der Waals surface area contributed by atoms with Crippen LogP contribution in [0.25, 0.3) is 33.2 Å². The van der Waals surface area contributed by atoms with E-state index in [2.05, 4.69) is 88.6 Å². The fourth-order valence-electron chi connectivity index (χ4n) is 6.53. The molecule has 0 amide bonds. The monoisotopic (exact) mass is 810 g/mol. The number of ketones is 1. The Bertz CT molecular complexity index is 1670. The summed E-state index contributed by atoms with van der Waals surface area (Å²) in [5, 5.41) is 12.2. The number of aliphatic hydroxyl groups excluding tert-OH is 1. The average molecular weight is 810 g/mol. The number of carbonyl (C=O) groups excluding carboxylic acids is 1. The van der Waals surface area contributed by atoms with Gasteiger partial charge in [0.1, 0.15) is 0 Å². The molecule has 2 aromatic heterocycles. The zero-order valence-corrected chi connectivity index (χ0v) is 32.0. The SMILES string of the molecule is CC(C)Cc1cc2c(cn1)-c1cc(-c3[c-]c4ccccc4c(C(C)C)c3)ncc1CC2.CCC(CC)C(=O)/C=C(\O)C(CC)CC.[Ir]. The minimum atomic E-state index is 0. The quantitative estimate of drug-likeness (QED) is 0.0931. The van der Waals surface area contributed by atoms with Gasteiger partial charge >= 0.3 is 0 Å². The van der Waals surface area contributed by atoms with Crippen LogP contribution in [-0.2, 0) is 44.2 Å². The number of pyridine rings is 2. The zero-order chi connectivity index (χ0) is 33.4. The second-order valence-electron chi connectivity index (χ2n) is 13.5. The summed E-state index contributed by atoms with van der Waals surface area (Å²) >= 11 is 0. The number of aromatic nitrogens is 2. The molecule has 4 nitrogen and oxygen atoms in total. The first kappa shape index (κ1) is 38.3. The third-order valence-electron chi connectivity index (χ3n) is 9.39. The van der Waals surface area contributed by atoms with Crippen LogP contribution in [0, 0.1) is 23.8 Å². The van der Waals surface area contributed by atoms with E-state index >= 15 is 0 Å². The van der Waals surface area contributed by atoms with Crippen molar-refractivity contribution < 1.29 is 30.0 Å². The van der Waals surface area contributed by atoms with Crippen molar-refractivity contribution in [2.45, 2.75) is 106 Å². The minimum Gasteiger partial charge on any atom is -0.512 e. The molecule has 5 heteroatoms.